The fraction of sp³-hybridized carbons (Fsp3) is 0.0769. The van der Waals surface area contributed by atoms with E-state index in [0.29, 0.717) is 10.0 Å². The lowest BCUT2D eigenvalue weighted by Crippen LogP contribution is -2.15. The Morgan fingerprint density at radius 3 is 2.78 bits per heavy atom. The van der Waals surface area contributed by atoms with Crippen LogP contribution in [0.15, 0.2) is 47.2 Å². The van der Waals surface area contributed by atoms with Crippen LogP contribution in [0.25, 0.3) is 0 Å². The number of benzene rings is 1. The molecule has 5 heteroatoms. The van der Waals surface area contributed by atoms with Crippen molar-refractivity contribution in [3.8, 4) is 0 Å². The molecule has 0 fully saturated rings. The van der Waals surface area contributed by atoms with Crippen LogP contribution in [0.2, 0.25) is 0 Å². The molecule has 3 nitrogen and oxygen atoms in total. The Labute approximate surface area is 111 Å². The van der Waals surface area contributed by atoms with Gasteiger partial charge in [0.05, 0.1) is 0 Å². The number of aromatic nitrogens is 1. The van der Waals surface area contributed by atoms with E-state index in [1.54, 1.807) is 18.3 Å². The molecule has 1 N–H and O–H groups in total. The topological polar surface area (TPSA) is 50.2 Å². The molecule has 0 saturated heterocycles. The number of hydrogen-bond donors (Lipinski definition) is 1. The summed E-state index contributed by atoms with van der Waals surface area (Å²) in [5.74, 6) is -2.72. The van der Waals surface area contributed by atoms with E-state index in [0.717, 1.165) is 0 Å². The van der Waals surface area contributed by atoms with Crippen molar-refractivity contribution in [2.45, 2.75) is 5.92 Å². The predicted octanol–water partition coefficient (Wildman–Crippen LogP) is 3.20. The largest absolute Gasteiger partial charge is 0.481 e. The molecule has 0 radical (unpaired) electrons. The normalized spacial score (nSPS) is 12.1. The summed E-state index contributed by atoms with van der Waals surface area (Å²) in [6.07, 6.45) is 2.97. The summed E-state index contributed by atoms with van der Waals surface area (Å²) < 4.78 is 14.4. The molecular formula is C13H9BrFNO2. The molecule has 0 aliphatic rings. The Hall–Kier alpha value is -1.75. The third-order valence-electron chi connectivity index (χ3n) is 2.53. The molecule has 1 atom stereocenters. The number of hydrogen-bond acceptors (Lipinski definition) is 2. The minimum absolute atomic E-state index is 0.116. The van der Waals surface area contributed by atoms with Gasteiger partial charge in [0.15, 0.2) is 0 Å². The first-order valence-electron chi connectivity index (χ1n) is 5.17. The molecule has 1 aromatic carbocycles. The average molecular weight is 310 g/mol. The van der Waals surface area contributed by atoms with Crippen LogP contribution in [0.1, 0.15) is 17.0 Å². The number of carboxylic acids is 1. The number of nitrogens with zero attached hydrogens (tertiary/aromatic N) is 1. The van der Waals surface area contributed by atoms with Crippen LogP contribution in [-0.2, 0) is 4.79 Å². The van der Waals surface area contributed by atoms with Gasteiger partial charge in [0.25, 0.3) is 0 Å². The van der Waals surface area contributed by atoms with Crippen molar-refractivity contribution in [1.82, 2.24) is 4.98 Å². The maximum Gasteiger partial charge on any atom is 0.315 e. The quantitative estimate of drug-likeness (QED) is 0.947. The summed E-state index contributed by atoms with van der Waals surface area (Å²) in [6, 6.07) is 7.49. The lowest BCUT2D eigenvalue weighted by Gasteiger charge is -2.14. The number of pyridine rings is 1. The monoisotopic (exact) mass is 309 g/mol. The van der Waals surface area contributed by atoms with Gasteiger partial charge in [-0.3, -0.25) is 9.78 Å². The lowest BCUT2D eigenvalue weighted by molar-refractivity contribution is -0.137. The van der Waals surface area contributed by atoms with Crippen LogP contribution < -0.4 is 0 Å². The first-order chi connectivity index (χ1) is 8.59. The van der Waals surface area contributed by atoms with E-state index < -0.39 is 17.7 Å². The fourth-order valence-corrected chi connectivity index (χ4v) is 2.12. The zero-order chi connectivity index (χ0) is 13.1. The summed E-state index contributed by atoms with van der Waals surface area (Å²) in [7, 11) is 0. The summed E-state index contributed by atoms with van der Waals surface area (Å²) in [5, 5.41) is 9.29. The van der Waals surface area contributed by atoms with E-state index in [1.807, 2.05) is 0 Å². The molecule has 0 saturated carbocycles. The standard InChI is InChI=1S/C13H9BrFNO2/c14-9-3-4-11(15)10(6-9)12(13(17)18)8-2-1-5-16-7-8/h1-7,12H,(H,17,18). The van der Waals surface area contributed by atoms with E-state index in [-0.39, 0.29) is 5.56 Å². The van der Waals surface area contributed by atoms with Crippen molar-refractivity contribution >= 4 is 21.9 Å². The van der Waals surface area contributed by atoms with Crippen LogP contribution in [-0.4, -0.2) is 16.1 Å². The smallest absolute Gasteiger partial charge is 0.315 e. The van der Waals surface area contributed by atoms with E-state index in [1.165, 1.54) is 24.4 Å². The molecule has 0 amide bonds. The second-order valence-corrected chi connectivity index (χ2v) is 4.64. The van der Waals surface area contributed by atoms with Crippen molar-refractivity contribution in [2.24, 2.45) is 0 Å². The molecule has 1 unspecified atom stereocenters. The first-order valence-corrected chi connectivity index (χ1v) is 5.96. The molecule has 2 aromatic rings. The molecule has 1 aromatic heterocycles. The highest BCUT2D eigenvalue weighted by Crippen LogP contribution is 2.28. The second-order valence-electron chi connectivity index (χ2n) is 3.72. The highest BCUT2D eigenvalue weighted by atomic mass is 79.9. The first kappa shape index (κ1) is 12.7. The Kier molecular flexibility index (Phi) is 3.72. The summed E-state index contributed by atoms with van der Waals surface area (Å²) >= 11 is 3.21. The molecule has 2 rings (SSSR count). The van der Waals surface area contributed by atoms with Gasteiger partial charge in [-0.2, -0.15) is 0 Å². The van der Waals surface area contributed by atoms with Crippen molar-refractivity contribution in [1.29, 1.82) is 0 Å². The predicted molar refractivity (Wildman–Crippen MR) is 67.8 cm³/mol. The van der Waals surface area contributed by atoms with Crippen LogP contribution in [0.5, 0.6) is 0 Å². The lowest BCUT2D eigenvalue weighted by atomic mass is 9.92. The number of carboxylic acid groups (broad SMARTS) is 1. The molecule has 1 heterocycles. The van der Waals surface area contributed by atoms with E-state index >= 15 is 0 Å². The van der Waals surface area contributed by atoms with Crippen LogP contribution in [0.3, 0.4) is 0 Å². The second kappa shape index (κ2) is 5.27. The summed E-state index contributed by atoms with van der Waals surface area (Å²) in [4.78, 5) is 15.2. The Morgan fingerprint density at radius 2 is 2.17 bits per heavy atom. The Morgan fingerprint density at radius 1 is 1.39 bits per heavy atom. The summed E-state index contributed by atoms with van der Waals surface area (Å²) in [6.45, 7) is 0. The van der Waals surface area contributed by atoms with Gasteiger partial charge in [-0.25, -0.2) is 4.39 Å². The maximum absolute atomic E-state index is 13.8. The van der Waals surface area contributed by atoms with Gasteiger partial charge in [-0.1, -0.05) is 22.0 Å². The molecule has 92 valence electrons. The highest BCUT2D eigenvalue weighted by Gasteiger charge is 2.25. The molecule has 0 bridgehead atoms. The van der Waals surface area contributed by atoms with Gasteiger partial charge < -0.3 is 5.11 Å². The zero-order valence-electron chi connectivity index (χ0n) is 9.18. The van der Waals surface area contributed by atoms with Gasteiger partial charge in [-0.15, -0.1) is 0 Å². The van der Waals surface area contributed by atoms with Gasteiger partial charge in [0, 0.05) is 22.4 Å². The van der Waals surface area contributed by atoms with E-state index in [2.05, 4.69) is 20.9 Å². The van der Waals surface area contributed by atoms with Gasteiger partial charge in [0.1, 0.15) is 11.7 Å². The molecule has 0 aliphatic carbocycles. The Balaban J connectivity index is 2.55. The maximum atomic E-state index is 13.8. The minimum Gasteiger partial charge on any atom is -0.481 e. The average Bonchev–Trinajstić information content (AvgIpc) is 2.35. The fourth-order valence-electron chi connectivity index (χ4n) is 1.74. The number of halogens is 2. The highest BCUT2D eigenvalue weighted by molar-refractivity contribution is 9.10. The number of rotatable bonds is 3. The van der Waals surface area contributed by atoms with Crippen LogP contribution in [0, 0.1) is 5.82 Å². The van der Waals surface area contributed by atoms with Crippen molar-refractivity contribution in [2.75, 3.05) is 0 Å². The van der Waals surface area contributed by atoms with Crippen molar-refractivity contribution in [3.05, 3.63) is 64.1 Å². The van der Waals surface area contributed by atoms with Gasteiger partial charge >= 0.3 is 5.97 Å². The van der Waals surface area contributed by atoms with Gasteiger partial charge in [-0.05, 0) is 29.8 Å². The Bertz CT molecular complexity index is 574. The molecule has 0 spiro atoms. The van der Waals surface area contributed by atoms with Gasteiger partial charge in [0.2, 0.25) is 0 Å². The third kappa shape index (κ3) is 2.56. The number of carbonyl (C=O) groups is 1. The van der Waals surface area contributed by atoms with E-state index in [9.17, 15) is 14.3 Å². The number of aliphatic carboxylic acids is 1. The molecule has 18 heavy (non-hydrogen) atoms. The van der Waals surface area contributed by atoms with Crippen molar-refractivity contribution < 1.29 is 14.3 Å². The minimum atomic E-state index is -1.11. The molecular weight excluding hydrogens is 301 g/mol. The SMILES string of the molecule is O=C(O)C(c1cccnc1)c1cc(Br)ccc1F. The van der Waals surface area contributed by atoms with Crippen LogP contribution in [0.4, 0.5) is 4.39 Å². The zero-order valence-corrected chi connectivity index (χ0v) is 10.8. The molecule has 0 aliphatic heterocycles. The van der Waals surface area contributed by atoms with Crippen molar-refractivity contribution in [3.63, 3.8) is 0 Å². The third-order valence-corrected chi connectivity index (χ3v) is 3.03. The van der Waals surface area contributed by atoms with E-state index in [4.69, 9.17) is 0 Å². The van der Waals surface area contributed by atoms with Crippen LogP contribution >= 0.6 is 15.9 Å². The summed E-state index contributed by atoms with van der Waals surface area (Å²) in [5.41, 5.74) is 0.562.